The average Bonchev–Trinajstić information content (AvgIpc) is 2.08. The molecule has 1 rings (SSSR count). The van der Waals surface area contributed by atoms with Crippen LogP contribution in [0, 0.1) is 6.92 Å². The molecular weight excluding hydrogens is 170 g/mol. The Labute approximate surface area is 77.8 Å². The predicted molar refractivity (Wildman–Crippen MR) is 46.7 cm³/mol. The lowest BCUT2D eigenvalue weighted by Crippen LogP contribution is -2.47. The SMILES string of the molecule is [CH2]CN1CCCC(=O)C1OC(C)=O. The van der Waals surface area contributed by atoms with Gasteiger partial charge in [0.2, 0.25) is 6.23 Å². The van der Waals surface area contributed by atoms with E-state index in [4.69, 9.17) is 4.74 Å². The first-order chi connectivity index (χ1) is 6.15. The molecule has 0 aromatic carbocycles. The van der Waals surface area contributed by atoms with Crippen LogP contribution in [0.3, 0.4) is 0 Å². The van der Waals surface area contributed by atoms with Crippen LogP contribution in [0.1, 0.15) is 19.8 Å². The summed E-state index contributed by atoms with van der Waals surface area (Å²) in [6.07, 6.45) is 0.629. The van der Waals surface area contributed by atoms with Crippen LogP contribution in [0.25, 0.3) is 0 Å². The third kappa shape index (κ3) is 2.52. The number of esters is 1. The largest absolute Gasteiger partial charge is 0.439 e. The highest BCUT2D eigenvalue weighted by Crippen LogP contribution is 2.14. The lowest BCUT2D eigenvalue weighted by Gasteiger charge is -2.32. The minimum atomic E-state index is -0.691. The van der Waals surface area contributed by atoms with Crippen LogP contribution in [-0.4, -0.2) is 36.0 Å². The summed E-state index contributed by atoms with van der Waals surface area (Å²) in [6.45, 7) is 6.25. The molecule has 0 saturated carbocycles. The maximum absolute atomic E-state index is 11.4. The van der Waals surface area contributed by atoms with Crippen molar-refractivity contribution in [1.82, 2.24) is 4.90 Å². The fourth-order valence-electron chi connectivity index (χ4n) is 1.43. The average molecular weight is 184 g/mol. The quantitative estimate of drug-likeness (QED) is 0.582. The van der Waals surface area contributed by atoms with E-state index in [0.29, 0.717) is 13.0 Å². The molecule has 1 radical (unpaired) electrons. The number of likely N-dealkylation sites (tertiary alicyclic amines) is 1. The molecule has 1 aliphatic rings. The van der Waals surface area contributed by atoms with Gasteiger partial charge >= 0.3 is 5.97 Å². The molecule has 0 aromatic rings. The van der Waals surface area contributed by atoms with Crippen LogP contribution in [-0.2, 0) is 14.3 Å². The lowest BCUT2D eigenvalue weighted by molar-refractivity contribution is -0.167. The molecule has 0 aliphatic carbocycles. The Bertz CT molecular complexity index is 215. The molecule has 0 bridgehead atoms. The minimum absolute atomic E-state index is 0.0231. The number of carbonyl (C=O) groups is 2. The minimum Gasteiger partial charge on any atom is -0.439 e. The van der Waals surface area contributed by atoms with E-state index in [-0.39, 0.29) is 5.78 Å². The molecule has 1 aliphatic heterocycles. The van der Waals surface area contributed by atoms with Gasteiger partial charge in [0.1, 0.15) is 0 Å². The van der Waals surface area contributed by atoms with Crippen LogP contribution in [0.5, 0.6) is 0 Å². The predicted octanol–water partition coefficient (Wildman–Crippen LogP) is 0.375. The molecule has 0 amide bonds. The van der Waals surface area contributed by atoms with Crippen molar-refractivity contribution >= 4 is 11.8 Å². The number of piperidine rings is 1. The standard InChI is InChI=1S/C9H14NO3/c1-3-10-6-4-5-8(12)9(10)13-7(2)11/h9H,1,3-6H2,2H3. The Morgan fingerprint density at radius 2 is 2.46 bits per heavy atom. The van der Waals surface area contributed by atoms with Gasteiger partial charge in [0.15, 0.2) is 5.78 Å². The molecule has 1 fully saturated rings. The number of Topliss-reactive ketones (excluding diaryl/α,β-unsaturated/α-hetero) is 1. The molecule has 1 atom stereocenters. The van der Waals surface area contributed by atoms with Crippen molar-refractivity contribution in [2.24, 2.45) is 0 Å². The van der Waals surface area contributed by atoms with Crippen molar-refractivity contribution in [1.29, 1.82) is 0 Å². The summed E-state index contributed by atoms with van der Waals surface area (Å²) in [5.74, 6) is -0.441. The lowest BCUT2D eigenvalue weighted by atomic mass is 10.1. The summed E-state index contributed by atoms with van der Waals surface area (Å²) in [6, 6.07) is 0. The second kappa shape index (κ2) is 4.37. The normalized spacial score (nSPS) is 24.5. The summed E-state index contributed by atoms with van der Waals surface area (Å²) < 4.78 is 4.90. The number of ether oxygens (including phenoxy) is 1. The Morgan fingerprint density at radius 3 is 3.00 bits per heavy atom. The van der Waals surface area contributed by atoms with Crippen LogP contribution in [0.2, 0.25) is 0 Å². The smallest absolute Gasteiger partial charge is 0.304 e. The third-order valence-electron chi connectivity index (χ3n) is 2.04. The molecule has 0 aromatic heterocycles. The zero-order valence-corrected chi connectivity index (χ0v) is 7.78. The summed E-state index contributed by atoms with van der Waals surface area (Å²) >= 11 is 0. The molecule has 1 heterocycles. The Morgan fingerprint density at radius 1 is 1.77 bits per heavy atom. The van der Waals surface area contributed by atoms with Gasteiger partial charge in [-0.25, -0.2) is 0 Å². The number of nitrogens with zero attached hydrogens (tertiary/aromatic N) is 1. The zero-order valence-electron chi connectivity index (χ0n) is 7.78. The molecule has 0 spiro atoms. The molecule has 1 unspecified atom stereocenters. The second-order valence-electron chi connectivity index (χ2n) is 3.07. The maximum atomic E-state index is 11.4. The molecule has 4 heteroatoms. The van der Waals surface area contributed by atoms with Gasteiger partial charge in [0, 0.05) is 26.4 Å². The van der Waals surface area contributed by atoms with Crippen molar-refractivity contribution < 1.29 is 14.3 Å². The number of hydrogen-bond acceptors (Lipinski definition) is 4. The van der Waals surface area contributed by atoms with Crippen LogP contribution in [0.4, 0.5) is 0 Å². The van der Waals surface area contributed by atoms with Gasteiger partial charge in [-0.05, 0) is 13.3 Å². The van der Waals surface area contributed by atoms with E-state index in [1.165, 1.54) is 6.92 Å². The van der Waals surface area contributed by atoms with Gasteiger partial charge in [-0.2, -0.15) is 0 Å². The molecule has 73 valence electrons. The summed E-state index contributed by atoms with van der Waals surface area (Å²) in [7, 11) is 0. The molecule has 4 nitrogen and oxygen atoms in total. The van der Waals surface area contributed by atoms with E-state index in [9.17, 15) is 9.59 Å². The third-order valence-corrected chi connectivity index (χ3v) is 2.04. The van der Waals surface area contributed by atoms with Crippen molar-refractivity contribution in [2.45, 2.75) is 26.0 Å². The fourth-order valence-corrected chi connectivity index (χ4v) is 1.43. The zero-order chi connectivity index (χ0) is 9.84. The van der Waals surface area contributed by atoms with Crippen LogP contribution >= 0.6 is 0 Å². The Kier molecular flexibility index (Phi) is 3.42. The first-order valence-corrected chi connectivity index (χ1v) is 4.38. The maximum Gasteiger partial charge on any atom is 0.304 e. The highest BCUT2D eigenvalue weighted by atomic mass is 16.6. The van der Waals surface area contributed by atoms with Crippen molar-refractivity contribution in [3.8, 4) is 0 Å². The first-order valence-electron chi connectivity index (χ1n) is 4.38. The van der Waals surface area contributed by atoms with E-state index in [2.05, 4.69) is 6.92 Å². The van der Waals surface area contributed by atoms with Gasteiger partial charge in [0.25, 0.3) is 0 Å². The van der Waals surface area contributed by atoms with Crippen LogP contribution < -0.4 is 0 Å². The van der Waals surface area contributed by atoms with Crippen molar-refractivity contribution in [3.05, 3.63) is 6.92 Å². The molecular formula is C9H14NO3. The fraction of sp³-hybridized carbons (Fsp3) is 0.667. The van der Waals surface area contributed by atoms with E-state index in [1.807, 2.05) is 0 Å². The summed E-state index contributed by atoms with van der Waals surface area (Å²) in [4.78, 5) is 23.8. The summed E-state index contributed by atoms with van der Waals surface area (Å²) in [5.41, 5.74) is 0. The topological polar surface area (TPSA) is 46.6 Å². The van der Waals surface area contributed by atoms with Gasteiger partial charge in [0.05, 0.1) is 0 Å². The van der Waals surface area contributed by atoms with E-state index in [1.54, 1.807) is 4.90 Å². The van der Waals surface area contributed by atoms with Crippen molar-refractivity contribution in [2.75, 3.05) is 13.1 Å². The van der Waals surface area contributed by atoms with Crippen molar-refractivity contribution in [3.63, 3.8) is 0 Å². The number of carbonyl (C=O) groups excluding carboxylic acids is 2. The molecule has 0 N–H and O–H groups in total. The van der Waals surface area contributed by atoms with Gasteiger partial charge in [-0.3, -0.25) is 14.5 Å². The number of rotatable bonds is 2. The first kappa shape index (κ1) is 10.2. The highest BCUT2D eigenvalue weighted by Gasteiger charge is 2.30. The van der Waals surface area contributed by atoms with E-state index in [0.717, 1.165) is 13.0 Å². The monoisotopic (exact) mass is 184 g/mol. The molecule has 1 saturated heterocycles. The summed E-state index contributed by atoms with van der Waals surface area (Å²) in [5, 5.41) is 0. The van der Waals surface area contributed by atoms with Crippen LogP contribution in [0.15, 0.2) is 0 Å². The number of hydrogen-bond donors (Lipinski definition) is 0. The number of ketones is 1. The Balaban J connectivity index is 2.62. The second-order valence-corrected chi connectivity index (χ2v) is 3.07. The highest BCUT2D eigenvalue weighted by molar-refractivity contribution is 5.85. The molecule has 13 heavy (non-hydrogen) atoms. The van der Waals surface area contributed by atoms with E-state index >= 15 is 0 Å². The van der Waals surface area contributed by atoms with Gasteiger partial charge in [-0.15, -0.1) is 0 Å². The van der Waals surface area contributed by atoms with Gasteiger partial charge < -0.3 is 4.74 Å². The van der Waals surface area contributed by atoms with Gasteiger partial charge in [-0.1, -0.05) is 0 Å². The van der Waals surface area contributed by atoms with E-state index < -0.39 is 12.2 Å². The Hall–Kier alpha value is -0.900.